The summed E-state index contributed by atoms with van der Waals surface area (Å²) in [5.74, 6) is 0.138. The quantitative estimate of drug-likeness (QED) is 0.424. The van der Waals surface area contributed by atoms with Crippen molar-refractivity contribution in [3.05, 3.63) is 54.8 Å². The van der Waals surface area contributed by atoms with E-state index in [-0.39, 0.29) is 18.2 Å². The van der Waals surface area contributed by atoms with Crippen LogP contribution in [0.2, 0.25) is 0 Å². The van der Waals surface area contributed by atoms with Gasteiger partial charge in [-0.1, -0.05) is 23.9 Å². The lowest BCUT2D eigenvalue weighted by Crippen LogP contribution is -2.28. The Labute approximate surface area is 148 Å². The van der Waals surface area contributed by atoms with Gasteiger partial charge in [-0.05, 0) is 37.6 Å². The molecule has 0 unspecified atom stereocenters. The molecule has 1 rings (SSSR count). The normalized spacial score (nSPS) is 13.0. The summed E-state index contributed by atoms with van der Waals surface area (Å²) in [6, 6.07) is 1.76. The van der Waals surface area contributed by atoms with Gasteiger partial charge in [-0.3, -0.25) is 4.79 Å². The van der Waals surface area contributed by atoms with Gasteiger partial charge in [0.1, 0.15) is 13.7 Å². The Morgan fingerprint density at radius 2 is 2.28 bits per heavy atom. The van der Waals surface area contributed by atoms with E-state index in [0.29, 0.717) is 11.5 Å². The number of nitrogens with one attached hydrogen (secondary N) is 1. The van der Waals surface area contributed by atoms with Crippen molar-refractivity contribution in [2.45, 2.75) is 13.8 Å². The van der Waals surface area contributed by atoms with Crippen molar-refractivity contribution >= 4 is 17.3 Å². The van der Waals surface area contributed by atoms with Crippen LogP contribution in [-0.2, 0) is 9.63 Å². The van der Waals surface area contributed by atoms with Crippen molar-refractivity contribution in [1.82, 2.24) is 15.1 Å². The summed E-state index contributed by atoms with van der Waals surface area (Å²) in [6.45, 7) is 7.62. The molecule has 0 aliphatic carbocycles. The third kappa shape index (κ3) is 6.14. The average Bonchev–Trinajstić information content (AvgIpc) is 3.07. The van der Waals surface area contributed by atoms with Gasteiger partial charge in [-0.2, -0.15) is 0 Å². The van der Waals surface area contributed by atoms with E-state index in [0.717, 1.165) is 5.70 Å². The van der Waals surface area contributed by atoms with Crippen molar-refractivity contribution in [3.8, 4) is 5.88 Å². The lowest BCUT2D eigenvalue weighted by Gasteiger charge is -2.05. The minimum atomic E-state index is -0.328. The summed E-state index contributed by atoms with van der Waals surface area (Å²) in [6.07, 6.45) is 10.9. The van der Waals surface area contributed by atoms with Crippen molar-refractivity contribution in [3.63, 3.8) is 0 Å². The molecule has 0 saturated heterocycles. The molecule has 0 aliphatic heterocycles. The predicted octanol–water partition coefficient (Wildman–Crippen LogP) is 2.56. The fourth-order valence-electron chi connectivity index (χ4n) is 1.88. The smallest absolute Gasteiger partial charge is 0.273 e. The summed E-state index contributed by atoms with van der Waals surface area (Å²) in [4.78, 5) is 16.4. The topological polar surface area (TPSA) is 77.7 Å². The van der Waals surface area contributed by atoms with E-state index in [1.807, 2.05) is 25.2 Å². The lowest BCUT2D eigenvalue weighted by molar-refractivity contribution is -0.114. The number of hydrogen-bond donors (Lipinski definition) is 1. The molecule has 0 bridgehead atoms. The zero-order valence-corrected chi connectivity index (χ0v) is 15.0. The van der Waals surface area contributed by atoms with Gasteiger partial charge in [0, 0.05) is 19.3 Å². The summed E-state index contributed by atoms with van der Waals surface area (Å²) in [7, 11) is 2.92. The van der Waals surface area contributed by atoms with Crippen molar-refractivity contribution in [2.24, 2.45) is 5.16 Å². The number of aromatic nitrogens is 2. The first-order chi connectivity index (χ1) is 12.1. The van der Waals surface area contributed by atoms with Crippen LogP contribution < -0.4 is 10.1 Å². The average molecular weight is 344 g/mol. The first-order valence-corrected chi connectivity index (χ1v) is 7.72. The Balaban J connectivity index is 2.79. The van der Waals surface area contributed by atoms with Crippen LogP contribution in [0, 0.1) is 0 Å². The highest BCUT2D eigenvalue weighted by molar-refractivity contribution is 6.44. The second-order valence-corrected chi connectivity index (χ2v) is 4.83. The summed E-state index contributed by atoms with van der Waals surface area (Å²) in [5.41, 5.74) is 1.71. The number of hydrogen-bond acceptors (Lipinski definition) is 5. The standard InChI is InChI=1S/C18H24N4O3/c1-6-8-15(9-7-2)22-12-10-16(20-22)25-13-11-14(3)17(21-24-5)18(23)19-4/h6-12H,1,13H2,2-5H3,(H,19,23)/b9-7-,14-11-,15-8+,21-17+. The lowest BCUT2D eigenvalue weighted by atomic mass is 10.1. The number of ether oxygens (including phenoxy) is 1. The van der Waals surface area contributed by atoms with Gasteiger partial charge in [-0.15, -0.1) is 5.10 Å². The molecule has 1 amide bonds. The molecule has 25 heavy (non-hydrogen) atoms. The Hall–Kier alpha value is -3.09. The molecule has 1 heterocycles. The molecule has 1 aromatic rings. The Bertz CT molecular complexity index is 712. The number of rotatable bonds is 9. The molecule has 1 aromatic heterocycles. The monoisotopic (exact) mass is 344 g/mol. The minimum Gasteiger partial charge on any atom is -0.472 e. The number of oxime groups is 1. The zero-order valence-electron chi connectivity index (χ0n) is 15.0. The number of carbonyl (C=O) groups excluding carboxylic acids is 1. The van der Waals surface area contributed by atoms with Crippen LogP contribution in [0.3, 0.4) is 0 Å². The van der Waals surface area contributed by atoms with Crippen LogP contribution in [0.1, 0.15) is 13.8 Å². The fraction of sp³-hybridized carbons (Fsp3) is 0.278. The van der Waals surface area contributed by atoms with Crippen LogP contribution in [0.4, 0.5) is 0 Å². The van der Waals surface area contributed by atoms with Gasteiger partial charge in [0.05, 0.1) is 5.70 Å². The third-order valence-corrected chi connectivity index (χ3v) is 3.07. The van der Waals surface area contributed by atoms with E-state index >= 15 is 0 Å². The van der Waals surface area contributed by atoms with Crippen molar-refractivity contribution in [1.29, 1.82) is 0 Å². The van der Waals surface area contributed by atoms with Crippen LogP contribution in [0.5, 0.6) is 5.88 Å². The maximum absolute atomic E-state index is 11.7. The highest BCUT2D eigenvalue weighted by Crippen LogP contribution is 2.12. The highest BCUT2D eigenvalue weighted by atomic mass is 16.6. The van der Waals surface area contributed by atoms with E-state index in [1.165, 1.54) is 14.2 Å². The Morgan fingerprint density at radius 3 is 2.88 bits per heavy atom. The molecule has 0 aromatic carbocycles. The SMILES string of the molecule is C=C/C=C(\C=C/C)n1ccc(OC/C=C(C)\C(=N/OC)C(=O)NC)n1. The van der Waals surface area contributed by atoms with Gasteiger partial charge >= 0.3 is 0 Å². The van der Waals surface area contributed by atoms with Crippen molar-refractivity contribution in [2.75, 3.05) is 20.8 Å². The van der Waals surface area contributed by atoms with E-state index in [1.54, 1.807) is 36.0 Å². The second-order valence-electron chi connectivity index (χ2n) is 4.83. The van der Waals surface area contributed by atoms with Crippen LogP contribution >= 0.6 is 0 Å². The van der Waals surface area contributed by atoms with Gasteiger partial charge in [-0.25, -0.2) is 4.68 Å². The van der Waals surface area contributed by atoms with Crippen molar-refractivity contribution < 1.29 is 14.4 Å². The molecule has 7 heteroatoms. The molecular weight excluding hydrogens is 320 g/mol. The number of allylic oxidation sites excluding steroid dienone is 5. The molecule has 0 radical (unpaired) electrons. The minimum absolute atomic E-state index is 0.198. The van der Waals surface area contributed by atoms with Gasteiger partial charge < -0.3 is 14.9 Å². The third-order valence-electron chi connectivity index (χ3n) is 3.07. The summed E-state index contributed by atoms with van der Waals surface area (Å²) < 4.78 is 7.28. The van der Waals surface area contributed by atoms with Gasteiger partial charge in [0.2, 0.25) is 5.88 Å². The van der Waals surface area contributed by atoms with E-state index in [9.17, 15) is 4.79 Å². The largest absolute Gasteiger partial charge is 0.472 e. The van der Waals surface area contributed by atoms with Crippen LogP contribution in [0.15, 0.2) is 60.0 Å². The van der Waals surface area contributed by atoms with E-state index < -0.39 is 0 Å². The van der Waals surface area contributed by atoms with Crippen LogP contribution in [-0.4, -0.2) is 42.2 Å². The summed E-state index contributed by atoms with van der Waals surface area (Å²) in [5, 5.41) is 10.6. The van der Waals surface area contributed by atoms with Gasteiger partial charge in [0.25, 0.3) is 5.91 Å². The number of nitrogens with zero attached hydrogens (tertiary/aromatic N) is 3. The maximum atomic E-state index is 11.7. The van der Waals surface area contributed by atoms with E-state index in [2.05, 4.69) is 22.2 Å². The molecule has 0 spiro atoms. The predicted molar refractivity (Wildman–Crippen MR) is 99.3 cm³/mol. The molecule has 1 N–H and O–H groups in total. The fourth-order valence-corrected chi connectivity index (χ4v) is 1.88. The maximum Gasteiger partial charge on any atom is 0.273 e. The second kappa shape index (κ2) is 10.6. The Kier molecular flexibility index (Phi) is 8.49. The molecule has 0 fully saturated rings. The molecule has 0 saturated carbocycles. The van der Waals surface area contributed by atoms with Crippen LogP contribution in [0.25, 0.3) is 5.70 Å². The molecule has 0 aliphatic rings. The zero-order chi connectivity index (χ0) is 18.7. The molecular formula is C18H24N4O3. The van der Waals surface area contributed by atoms with Gasteiger partial charge in [0.15, 0.2) is 5.71 Å². The Morgan fingerprint density at radius 1 is 1.52 bits per heavy atom. The first kappa shape index (κ1) is 20.0. The summed E-state index contributed by atoms with van der Waals surface area (Å²) >= 11 is 0. The molecule has 7 nitrogen and oxygen atoms in total. The molecule has 134 valence electrons. The first-order valence-electron chi connectivity index (χ1n) is 7.72. The molecule has 0 atom stereocenters. The number of carbonyl (C=O) groups is 1. The van der Waals surface area contributed by atoms with E-state index in [4.69, 9.17) is 9.57 Å². The number of amides is 1. The highest BCUT2D eigenvalue weighted by Gasteiger charge is 2.12.